The number of amides is 1. The number of fused-ring (bicyclic) bond motifs is 2. The fraction of sp³-hybridized carbons (Fsp3) is 0.929. The van der Waals surface area contributed by atoms with Crippen molar-refractivity contribution in [2.75, 3.05) is 20.6 Å². The molecule has 18 heavy (non-hydrogen) atoms. The number of hydrogen-bond donors (Lipinski definition) is 1. The molecule has 4 nitrogen and oxygen atoms in total. The summed E-state index contributed by atoms with van der Waals surface area (Å²) in [5.74, 6) is 0.212. The first kappa shape index (κ1) is 13.8. The van der Waals surface area contributed by atoms with Crippen molar-refractivity contribution in [3.05, 3.63) is 0 Å². The third-order valence-corrected chi connectivity index (χ3v) is 4.80. The van der Waals surface area contributed by atoms with Crippen molar-refractivity contribution in [2.45, 2.75) is 63.7 Å². The average Bonchev–Trinajstić information content (AvgIpc) is 2.59. The van der Waals surface area contributed by atoms with Crippen LogP contribution in [-0.2, 0) is 4.79 Å². The lowest BCUT2D eigenvalue weighted by molar-refractivity contribution is -0.131. The zero-order valence-electron chi connectivity index (χ0n) is 12.1. The molecule has 2 bridgehead atoms. The molecule has 3 atom stereocenters. The van der Waals surface area contributed by atoms with Crippen molar-refractivity contribution >= 4 is 5.91 Å². The van der Waals surface area contributed by atoms with Gasteiger partial charge in [0.1, 0.15) is 0 Å². The minimum Gasteiger partial charge on any atom is -0.345 e. The summed E-state index contributed by atoms with van der Waals surface area (Å²) in [6, 6.07) is 1.92. The van der Waals surface area contributed by atoms with Crippen molar-refractivity contribution in [2.24, 2.45) is 0 Å². The van der Waals surface area contributed by atoms with Gasteiger partial charge in [0.2, 0.25) is 5.91 Å². The lowest BCUT2D eigenvalue weighted by atomic mass is 9.97. The molecular formula is C14H27N3O. The summed E-state index contributed by atoms with van der Waals surface area (Å²) in [6.45, 7) is 4.79. The summed E-state index contributed by atoms with van der Waals surface area (Å²) >= 11 is 0. The second-order valence-electron chi connectivity index (χ2n) is 5.96. The van der Waals surface area contributed by atoms with Gasteiger partial charge < -0.3 is 15.1 Å². The number of carbonyl (C=O) groups is 1. The Labute approximate surface area is 111 Å². The highest BCUT2D eigenvalue weighted by molar-refractivity contribution is 5.81. The Bertz CT molecular complexity index is 293. The van der Waals surface area contributed by atoms with Gasteiger partial charge in [0.05, 0.1) is 6.04 Å². The van der Waals surface area contributed by atoms with Gasteiger partial charge in [0.15, 0.2) is 0 Å². The molecule has 2 rings (SSSR count). The van der Waals surface area contributed by atoms with E-state index in [4.69, 9.17) is 0 Å². The summed E-state index contributed by atoms with van der Waals surface area (Å²) in [5.41, 5.74) is 0. The first-order valence-electron chi connectivity index (χ1n) is 7.25. The van der Waals surface area contributed by atoms with E-state index in [0.29, 0.717) is 6.04 Å². The molecule has 0 aliphatic carbocycles. The van der Waals surface area contributed by atoms with E-state index in [1.54, 1.807) is 4.90 Å². The molecular weight excluding hydrogens is 226 g/mol. The third kappa shape index (κ3) is 2.69. The van der Waals surface area contributed by atoms with Crippen LogP contribution in [-0.4, -0.2) is 60.5 Å². The molecule has 2 aliphatic rings. The summed E-state index contributed by atoms with van der Waals surface area (Å²) in [5, 5.41) is 3.54. The molecule has 1 amide bonds. The zero-order chi connectivity index (χ0) is 13.3. The van der Waals surface area contributed by atoms with Crippen LogP contribution in [0.4, 0.5) is 0 Å². The molecule has 0 spiro atoms. The number of piperidine rings is 1. The standard InChI is InChI=1S/C14H27N3O/c1-5-16(3)14(18)10(2)15-11-8-12-6-7-13(9-11)17(12)4/h10-13,15H,5-9H2,1-4H3. The smallest absolute Gasteiger partial charge is 0.239 e. The largest absolute Gasteiger partial charge is 0.345 e. The molecule has 4 heteroatoms. The fourth-order valence-electron chi connectivity index (χ4n) is 3.46. The third-order valence-electron chi connectivity index (χ3n) is 4.80. The molecule has 2 saturated heterocycles. The van der Waals surface area contributed by atoms with Crippen LogP contribution in [0.25, 0.3) is 0 Å². The van der Waals surface area contributed by atoms with Crippen LogP contribution in [0, 0.1) is 0 Å². The predicted molar refractivity (Wildman–Crippen MR) is 73.5 cm³/mol. The van der Waals surface area contributed by atoms with Crippen LogP contribution in [0.3, 0.4) is 0 Å². The summed E-state index contributed by atoms with van der Waals surface area (Å²) in [6.07, 6.45) is 5.05. The Morgan fingerprint density at radius 3 is 2.44 bits per heavy atom. The molecule has 0 aromatic heterocycles. The van der Waals surface area contributed by atoms with Crippen molar-refractivity contribution in [3.63, 3.8) is 0 Å². The van der Waals surface area contributed by atoms with Crippen LogP contribution >= 0.6 is 0 Å². The first-order valence-corrected chi connectivity index (χ1v) is 7.25. The number of rotatable bonds is 4. The maximum atomic E-state index is 12.0. The van der Waals surface area contributed by atoms with Crippen molar-refractivity contribution in [1.29, 1.82) is 0 Å². The minimum absolute atomic E-state index is 0.0530. The number of hydrogen-bond acceptors (Lipinski definition) is 3. The van der Waals surface area contributed by atoms with E-state index >= 15 is 0 Å². The monoisotopic (exact) mass is 253 g/mol. The molecule has 104 valence electrons. The van der Waals surface area contributed by atoms with Gasteiger partial charge in [-0.3, -0.25) is 4.79 Å². The highest BCUT2D eigenvalue weighted by Crippen LogP contribution is 2.34. The molecule has 0 saturated carbocycles. The van der Waals surface area contributed by atoms with Gasteiger partial charge in [-0.2, -0.15) is 0 Å². The van der Waals surface area contributed by atoms with Gasteiger partial charge in [-0.05, 0) is 46.6 Å². The van der Waals surface area contributed by atoms with Gasteiger partial charge in [-0.15, -0.1) is 0 Å². The quantitative estimate of drug-likeness (QED) is 0.814. The van der Waals surface area contributed by atoms with Crippen LogP contribution in [0.5, 0.6) is 0 Å². The van der Waals surface area contributed by atoms with Gasteiger partial charge in [0.25, 0.3) is 0 Å². The molecule has 3 unspecified atom stereocenters. The Morgan fingerprint density at radius 2 is 1.94 bits per heavy atom. The Balaban J connectivity index is 1.86. The van der Waals surface area contributed by atoms with Crippen LogP contribution < -0.4 is 5.32 Å². The van der Waals surface area contributed by atoms with E-state index in [0.717, 1.165) is 18.6 Å². The van der Waals surface area contributed by atoms with E-state index in [1.807, 2.05) is 20.9 Å². The van der Waals surface area contributed by atoms with Gasteiger partial charge >= 0.3 is 0 Å². The second-order valence-corrected chi connectivity index (χ2v) is 5.96. The van der Waals surface area contributed by atoms with E-state index < -0.39 is 0 Å². The summed E-state index contributed by atoms with van der Waals surface area (Å²) in [4.78, 5) is 16.4. The topological polar surface area (TPSA) is 35.6 Å². The Morgan fingerprint density at radius 1 is 1.39 bits per heavy atom. The maximum absolute atomic E-state index is 12.0. The van der Waals surface area contributed by atoms with Crippen molar-refractivity contribution in [3.8, 4) is 0 Å². The maximum Gasteiger partial charge on any atom is 0.239 e. The lowest BCUT2D eigenvalue weighted by Crippen LogP contribution is -2.52. The highest BCUT2D eigenvalue weighted by Gasteiger charge is 2.39. The first-order chi connectivity index (χ1) is 8.52. The summed E-state index contributed by atoms with van der Waals surface area (Å²) < 4.78 is 0. The molecule has 1 N–H and O–H groups in total. The van der Waals surface area contributed by atoms with Crippen LogP contribution in [0.2, 0.25) is 0 Å². The number of likely N-dealkylation sites (N-methyl/N-ethyl adjacent to an activating group) is 1. The molecule has 0 aromatic carbocycles. The van der Waals surface area contributed by atoms with Crippen LogP contribution in [0.15, 0.2) is 0 Å². The summed E-state index contributed by atoms with van der Waals surface area (Å²) in [7, 11) is 4.12. The Hall–Kier alpha value is -0.610. The normalized spacial score (nSPS) is 33.4. The molecule has 2 fully saturated rings. The second kappa shape index (κ2) is 5.57. The number of nitrogens with zero attached hydrogens (tertiary/aromatic N) is 2. The Kier molecular flexibility index (Phi) is 4.28. The molecule has 0 radical (unpaired) electrons. The van der Waals surface area contributed by atoms with E-state index in [1.165, 1.54) is 25.7 Å². The highest BCUT2D eigenvalue weighted by atomic mass is 16.2. The number of carbonyl (C=O) groups excluding carboxylic acids is 1. The van der Waals surface area contributed by atoms with E-state index in [2.05, 4.69) is 17.3 Å². The van der Waals surface area contributed by atoms with Gasteiger partial charge in [-0.25, -0.2) is 0 Å². The average molecular weight is 253 g/mol. The molecule has 2 aliphatic heterocycles. The van der Waals surface area contributed by atoms with Crippen LogP contribution in [0.1, 0.15) is 39.5 Å². The number of nitrogens with one attached hydrogen (secondary N) is 1. The van der Waals surface area contributed by atoms with Gasteiger partial charge in [0, 0.05) is 31.7 Å². The van der Waals surface area contributed by atoms with Gasteiger partial charge in [-0.1, -0.05) is 0 Å². The van der Waals surface area contributed by atoms with Crippen molar-refractivity contribution in [1.82, 2.24) is 15.1 Å². The fourth-order valence-corrected chi connectivity index (χ4v) is 3.46. The minimum atomic E-state index is -0.0530. The predicted octanol–water partition coefficient (Wildman–Crippen LogP) is 1.07. The van der Waals surface area contributed by atoms with E-state index in [-0.39, 0.29) is 11.9 Å². The molecule has 0 aromatic rings. The SMILES string of the molecule is CCN(C)C(=O)C(C)NC1CC2CCC(C1)N2C. The van der Waals surface area contributed by atoms with Crippen molar-refractivity contribution < 1.29 is 4.79 Å². The van der Waals surface area contributed by atoms with E-state index in [9.17, 15) is 4.79 Å². The lowest BCUT2D eigenvalue weighted by Gasteiger charge is -2.38. The molecule has 2 heterocycles. The zero-order valence-corrected chi connectivity index (χ0v) is 12.1.